The molecule has 2 aromatic rings. The average molecular weight is 383 g/mol. The van der Waals surface area contributed by atoms with Gasteiger partial charge < -0.3 is 9.47 Å². The Bertz CT molecular complexity index is 856. The summed E-state index contributed by atoms with van der Waals surface area (Å²) in [6.07, 6.45) is 4.00. The van der Waals surface area contributed by atoms with E-state index >= 15 is 0 Å². The van der Waals surface area contributed by atoms with E-state index in [1.807, 2.05) is 18.2 Å². The molecule has 1 heterocycles. The molecule has 4 rings (SSSR count). The summed E-state index contributed by atoms with van der Waals surface area (Å²) in [7, 11) is 0. The van der Waals surface area contributed by atoms with Gasteiger partial charge in [-0.1, -0.05) is 59.6 Å². The van der Waals surface area contributed by atoms with Gasteiger partial charge in [0.2, 0.25) is 0 Å². The molecule has 1 aliphatic heterocycles. The van der Waals surface area contributed by atoms with Crippen LogP contribution in [0, 0.1) is 12.8 Å². The van der Waals surface area contributed by atoms with Crippen LogP contribution in [-0.4, -0.2) is 18.0 Å². The normalized spacial score (nSPS) is 24.7. The monoisotopic (exact) mass is 382 g/mol. The van der Waals surface area contributed by atoms with Crippen molar-refractivity contribution in [3.63, 3.8) is 0 Å². The minimum absolute atomic E-state index is 0.111. The third-order valence-electron chi connectivity index (χ3n) is 5.48. The van der Waals surface area contributed by atoms with Crippen LogP contribution in [0.25, 0.3) is 5.57 Å². The predicted octanol–water partition coefficient (Wildman–Crippen LogP) is 5.34. The molecular weight excluding hydrogens is 360 g/mol. The average Bonchev–Trinajstić information content (AvgIpc) is 2.69. The zero-order valence-electron chi connectivity index (χ0n) is 15.4. The Hall–Kier alpha value is -2.10. The van der Waals surface area contributed by atoms with Crippen molar-refractivity contribution in [3.8, 4) is 0 Å². The fraction of sp³-hybridized carbons (Fsp3) is 0.348. The second-order valence-corrected chi connectivity index (χ2v) is 7.80. The molecular formula is C23H23ClO3. The van der Waals surface area contributed by atoms with Crippen LogP contribution in [0.15, 0.2) is 54.8 Å². The number of benzene rings is 2. The summed E-state index contributed by atoms with van der Waals surface area (Å²) < 4.78 is 12.0. The summed E-state index contributed by atoms with van der Waals surface area (Å²) in [5, 5.41) is 0.578. The van der Waals surface area contributed by atoms with Crippen molar-refractivity contribution in [2.75, 3.05) is 0 Å². The lowest BCUT2D eigenvalue weighted by Crippen LogP contribution is -2.41. The van der Waals surface area contributed by atoms with E-state index in [-0.39, 0.29) is 23.9 Å². The van der Waals surface area contributed by atoms with E-state index in [4.69, 9.17) is 21.1 Å². The summed E-state index contributed by atoms with van der Waals surface area (Å²) in [6.45, 7) is 2.67. The fourth-order valence-corrected chi connectivity index (χ4v) is 4.12. The summed E-state index contributed by atoms with van der Waals surface area (Å²) in [5.74, 6) is 0.0248. The van der Waals surface area contributed by atoms with Crippen molar-refractivity contribution in [1.29, 1.82) is 0 Å². The first-order valence-corrected chi connectivity index (χ1v) is 9.81. The highest BCUT2D eigenvalue weighted by molar-refractivity contribution is 6.35. The van der Waals surface area contributed by atoms with Crippen LogP contribution in [0.5, 0.6) is 0 Å². The van der Waals surface area contributed by atoms with Gasteiger partial charge in [0.15, 0.2) is 5.78 Å². The quantitative estimate of drug-likeness (QED) is 0.715. The van der Waals surface area contributed by atoms with Gasteiger partial charge >= 0.3 is 0 Å². The zero-order chi connectivity index (χ0) is 18.8. The van der Waals surface area contributed by atoms with Gasteiger partial charge in [-0.05, 0) is 31.4 Å². The summed E-state index contributed by atoms with van der Waals surface area (Å²) in [6, 6.07) is 15.8. The molecule has 3 atom stereocenters. The smallest absolute Gasteiger partial charge is 0.173 e. The van der Waals surface area contributed by atoms with Gasteiger partial charge in [-0.25, -0.2) is 0 Å². The maximum absolute atomic E-state index is 13.0. The molecule has 2 aromatic carbocycles. The minimum Gasteiger partial charge on any atom is -0.496 e. The van der Waals surface area contributed by atoms with E-state index in [0.29, 0.717) is 17.2 Å². The van der Waals surface area contributed by atoms with E-state index in [0.717, 1.165) is 24.8 Å². The van der Waals surface area contributed by atoms with E-state index in [1.54, 1.807) is 12.3 Å². The third kappa shape index (κ3) is 3.95. The van der Waals surface area contributed by atoms with Gasteiger partial charge in [0, 0.05) is 17.0 Å². The van der Waals surface area contributed by atoms with Crippen LogP contribution in [0.4, 0.5) is 0 Å². The van der Waals surface area contributed by atoms with Crippen molar-refractivity contribution in [2.45, 2.75) is 45.0 Å². The number of allylic oxidation sites excluding steroid dienone is 1. The lowest BCUT2D eigenvalue weighted by molar-refractivity contribution is -0.128. The van der Waals surface area contributed by atoms with E-state index in [9.17, 15) is 4.79 Å². The number of fused-ring (bicyclic) bond motifs is 1. The minimum atomic E-state index is -0.111. The molecule has 1 aliphatic carbocycles. The first-order valence-electron chi connectivity index (χ1n) is 9.43. The lowest BCUT2D eigenvalue weighted by atomic mass is 9.78. The molecule has 0 aromatic heterocycles. The number of hydrogen-bond acceptors (Lipinski definition) is 3. The Labute approximate surface area is 164 Å². The first kappa shape index (κ1) is 18.3. The molecule has 0 bridgehead atoms. The second kappa shape index (κ2) is 7.87. The summed E-state index contributed by atoms with van der Waals surface area (Å²) in [5.41, 5.74) is 3.75. The highest BCUT2D eigenvalue weighted by atomic mass is 35.5. The third-order valence-corrected chi connectivity index (χ3v) is 5.81. The molecule has 0 N–H and O–H groups in total. The standard InChI is InChI=1S/C23H23ClO3/c1-15-6-8-16(9-7-15)13-26-17-10-11-19-22(12-17)27-14-20(23(19)25)18-4-2-3-5-21(18)24/h2-9,14,17,19,22H,10-13H2,1H3. The fourth-order valence-electron chi connectivity index (χ4n) is 3.88. The molecule has 3 unspecified atom stereocenters. The number of aryl methyl sites for hydroxylation is 1. The van der Waals surface area contributed by atoms with Gasteiger partial charge in [0.05, 0.1) is 30.5 Å². The molecule has 0 saturated heterocycles. The first-order chi connectivity index (χ1) is 13.1. The lowest BCUT2D eigenvalue weighted by Gasteiger charge is -2.37. The van der Waals surface area contributed by atoms with E-state index < -0.39 is 0 Å². The van der Waals surface area contributed by atoms with Gasteiger partial charge in [-0.15, -0.1) is 0 Å². The molecule has 0 amide bonds. The van der Waals surface area contributed by atoms with E-state index in [1.165, 1.54) is 11.1 Å². The Morgan fingerprint density at radius 3 is 2.67 bits per heavy atom. The van der Waals surface area contributed by atoms with Crippen LogP contribution in [0.2, 0.25) is 5.02 Å². The SMILES string of the molecule is Cc1ccc(COC2CCC3C(=O)C(c4ccccc4Cl)=COC3C2)cc1. The summed E-state index contributed by atoms with van der Waals surface area (Å²) >= 11 is 6.26. The molecule has 1 saturated carbocycles. The molecule has 4 heteroatoms. The maximum atomic E-state index is 13.0. The van der Waals surface area contributed by atoms with Crippen LogP contribution in [0.3, 0.4) is 0 Å². The zero-order valence-corrected chi connectivity index (χ0v) is 16.1. The maximum Gasteiger partial charge on any atom is 0.173 e. The topological polar surface area (TPSA) is 35.5 Å². The number of halogens is 1. The van der Waals surface area contributed by atoms with Crippen molar-refractivity contribution in [2.24, 2.45) is 5.92 Å². The van der Waals surface area contributed by atoms with Crippen LogP contribution >= 0.6 is 11.6 Å². The Balaban J connectivity index is 1.40. The van der Waals surface area contributed by atoms with Gasteiger partial charge in [0.1, 0.15) is 6.10 Å². The molecule has 0 radical (unpaired) electrons. The number of ketones is 1. The number of carbonyl (C=O) groups excluding carboxylic acids is 1. The van der Waals surface area contributed by atoms with Gasteiger partial charge in [-0.3, -0.25) is 4.79 Å². The van der Waals surface area contributed by atoms with Crippen LogP contribution < -0.4 is 0 Å². The molecule has 0 spiro atoms. The van der Waals surface area contributed by atoms with Crippen LogP contribution in [-0.2, 0) is 20.9 Å². The van der Waals surface area contributed by atoms with Gasteiger partial charge in [0.25, 0.3) is 0 Å². The Morgan fingerprint density at radius 2 is 1.89 bits per heavy atom. The van der Waals surface area contributed by atoms with Crippen molar-refractivity contribution in [1.82, 2.24) is 0 Å². The molecule has 140 valence electrons. The molecule has 1 fully saturated rings. The number of carbonyl (C=O) groups is 1. The summed E-state index contributed by atoms with van der Waals surface area (Å²) in [4.78, 5) is 13.0. The van der Waals surface area contributed by atoms with Crippen molar-refractivity contribution < 1.29 is 14.3 Å². The van der Waals surface area contributed by atoms with Crippen molar-refractivity contribution in [3.05, 3.63) is 76.5 Å². The van der Waals surface area contributed by atoms with E-state index in [2.05, 4.69) is 31.2 Å². The number of rotatable bonds is 4. The number of ether oxygens (including phenoxy) is 2. The highest BCUT2D eigenvalue weighted by Crippen LogP contribution is 2.38. The molecule has 2 aliphatic rings. The number of Topliss-reactive ketones (excluding diaryl/α,β-unsaturated/α-hetero) is 1. The van der Waals surface area contributed by atoms with Crippen molar-refractivity contribution >= 4 is 23.0 Å². The second-order valence-electron chi connectivity index (χ2n) is 7.39. The Morgan fingerprint density at radius 1 is 1.11 bits per heavy atom. The highest BCUT2D eigenvalue weighted by Gasteiger charge is 2.40. The van der Waals surface area contributed by atoms with Crippen LogP contribution in [0.1, 0.15) is 36.0 Å². The molecule has 27 heavy (non-hydrogen) atoms. The largest absolute Gasteiger partial charge is 0.496 e. The van der Waals surface area contributed by atoms with Gasteiger partial charge in [-0.2, -0.15) is 0 Å². The Kier molecular flexibility index (Phi) is 5.33. The predicted molar refractivity (Wildman–Crippen MR) is 106 cm³/mol. The molecule has 3 nitrogen and oxygen atoms in total. The number of hydrogen-bond donors (Lipinski definition) is 0.